The fourth-order valence-corrected chi connectivity index (χ4v) is 4.16. The van der Waals surface area contributed by atoms with E-state index in [1.165, 1.54) is 24.6 Å². The number of carbonyl (C=O) groups excluding carboxylic acids is 1. The zero-order valence-corrected chi connectivity index (χ0v) is 13.0. The van der Waals surface area contributed by atoms with Crippen molar-refractivity contribution >= 4 is 23.5 Å². The van der Waals surface area contributed by atoms with Crippen LogP contribution in [0, 0.1) is 0 Å². The SMILES string of the molecule is NC(=O)c1cccnc1N1CCC(N2CCSCC2)CC1. The summed E-state index contributed by atoms with van der Waals surface area (Å²) >= 11 is 2.05. The molecule has 0 bridgehead atoms. The number of piperidine rings is 1. The molecule has 114 valence electrons. The van der Waals surface area contributed by atoms with Crippen LogP contribution >= 0.6 is 11.8 Å². The molecular formula is C15H22N4OS. The van der Waals surface area contributed by atoms with E-state index < -0.39 is 5.91 Å². The van der Waals surface area contributed by atoms with Crippen molar-refractivity contribution < 1.29 is 4.79 Å². The summed E-state index contributed by atoms with van der Waals surface area (Å²) in [6.07, 6.45) is 4.01. The Labute approximate surface area is 129 Å². The van der Waals surface area contributed by atoms with E-state index in [4.69, 9.17) is 5.73 Å². The summed E-state index contributed by atoms with van der Waals surface area (Å²) in [7, 11) is 0. The number of hydrogen-bond donors (Lipinski definition) is 1. The molecule has 3 rings (SSSR count). The number of primary amides is 1. The number of anilines is 1. The van der Waals surface area contributed by atoms with Gasteiger partial charge in [-0.25, -0.2) is 4.98 Å². The molecule has 6 heteroatoms. The second-order valence-corrected chi connectivity index (χ2v) is 6.83. The predicted molar refractivity (Wildman–Crippen MR) is 86.9 cm³/mol. The number of aromatic nitrogens is 1. The molecule has 0 unspecified atom stereocenters. The largest absolute Gasteiger partial charge is 0.365 e. The highest BCUT2D eigenvalue weighted by atomic mass is 32.2. The summed E-state index contributed by atoms with van der Waals surface area (Å²) in [6.45, 7) is 4.33. The molecule has 0 saturated carbocycles. The third-order valence-corrected chi connectivity index (χ3v) is 5.32. The highest BCUT2D eigenvalue weighted by molar-refractivity contribution is 7.99. The van der Waals surface area contributed by atoms with E-state index >= 15 is 0 Å². The van der Waals surface area contributed by atoms with Crippen molar-refractivity contribution in [1.82, 2.24) is 9.88 Å². The highest BCUT2D eigenvalue weighted by Crippen LogP contribution is 2.25. The Morgan fingerprint density at radius 2 is 1.95 bits per heavy atom. The van der Waals surface area contributed by atoms with E-state index in [0.29, 0.717) is 11.6 Å². The van der Waals surface area contributed by atoms with Gasteiger partial charge in [0.15, 0.2) is 0 Å². The van der Waals surface area contributed by atoms with Crippen molar-refractivity contribution in [1.29, 1.82) is 0 Å². The molecule has 1 amide bonds. The van der Waals surface area contributed by atoms with Crippen molar-refractivity contribution in [3.8, 4) is 0 Å². The lowest BCUT2D eigenvalue weighted by atomic mass is 10.0. The van der Waals surface area contributed by atoms with E-state index in [9.17, 15) is 4.79 Å². The summed E-state index contributed by atoms with van der Waals surface area (Å²) in [5.41, 5.74) is 5.98. The number of carbonyl (C=O) groups is 1. The summed E-state index contributed by atoms with van der Waals surface area (Å²) in [6, 6.07) is 4.21. The number of thioether (sulfide) groups is 1. The van der Waals surface area contributed by atoms with Gasteiger partial charge in [-0.2, -0.15) is 11.8 Å². The normalized spacial score (nSPS) is 21.4. The molecule has 1 aromatic rings. The summed E-state index contributed by atoms with van der Waals surface area (Å²) in [4.78, 5) is 20.7. The maximum Gasteiger partial charge on any atom is 0.252 e. The van der Waals surface area contributed by atoms with Gasteiger partial charge in [-0.1, -0.05) is 0 Å². The molecule has 21 heavy (non-hydrogen) atoms. The van der Waals surface area contributed by atoms with E-state index in [0.717, 1.165) is 31.7 Å². The van der Waals surface area contributed by atoms with Gasteiger partial charge in [0, 0.05) is 49.9 Å². The standard InChI is InChI=1S/C15H22N4OS/c16-14(20)13-2-1-5-17-15(13)19-6-3-12(4-7-19)18-8-10-21-11-9-18/h1-2,5,12H,3-4,6-11H2,(H2,16,20). The molecule has 0 spiro atoms. The lowest BCUT2D eigenvalue weighted by molar-refractivity contribution is 0.1000. The fraction of sp³-hybridized carbons (Fsp3) is 0.600. The van der Waals surface area contributed by atoms with Gasteiger partial charge in [-0.05, 0) is 25.0 Å². The molecule has 2 fully saturated rings. The minimum absolute atomic E-state index is 0.395. The quantitative estimate of drug-likeness (QED) is 0.909. The number of pyridine rings is 1. The van der Waals surface area contributed by atoms with E-state index in [-0.39, 0.29) is 0 Å². The van der Waals surface area contributed by atoms with Gasteiger partial charge in [0.25, 0.3) is 5.91 Å². The molecule has 3 heterocycles. The van der Waals surface area contributed by atoms with E-state index in [1.807, 2.05) is 0 Å². The minimum Gasteiger partial charge on any atom is -0.365 e. The molecule has 0 atom stereocenters. The monoisotopic (exact) mass is 306 g/mol. The summed E-state index contributed by atoms with van der Waals surface area (Å²) < 4.78 is 0. The highest BCUT2D eigenvalue weighted by Gasteiger charge is 2.27. The van der Waals surface area contributed by atoms with Crippen molar-refractivity contribution in [3.63, 3.8) is 0 Å². The van der Waals surface area contributed by atoms with Gasteiger partial charge in [0.05, 0.1) is 5.56 Å². The topological polar surface area (TPSA) is 62.5 Å². The first kappa shape index (κ1) is 14.7. The molecule has 5 nitrogen and oxygen atoms in total. The van der Waals surface area contributed by atoms with Gasteiger partial charge in [0.2, 0.25) is 0 Å². The van der Waals surface area contributed by atoms with Crippen LogP contribution in [0.5, 0.6) is 0 Å². The predicted octanol–water partition coefficient (Wildman–Crippen LogP) is 1.20. The Hall–Kier alpha value is -1.27. The second-order valence-electron chi connectivity index (χ2n) is 5.61. The molecule has 0 aromatic carbocycles. The first-order chi connectivity index (χ1) is 10.3. The van der Waals surface area contributed by atoms with Crippen LogP contribution in [-0.2, 0) is 0 Å². The fourth-order valence-electron chi connectivity index (χ4n) is 3.23. The van der Waals surface area contributed by atoms with Gasteiger partial charge in [0.1, 0.15) is 5.82 Å². The second kappa shape index (κ2) is 6.66. The third-order valence-electron chi connectivity index (χ3n) is 4.38. The first-order valence-electron chi connectivity index (χ1n) is 7.57. The molecular weight excluding hydrogens is 284 g/mol. The van der Waals surface area contributed by atoms with Crippen molar-refractivity contribution in [3.05, 3.63) is 23.9 Å². The maximum atomic E-state index is 11.5. The Morgan fingerprint density at radius 3 is 2.62 bits per heavy atom. The molecule has 2 saturated heterocycles. The molecule has 0 radical (unpaired) electrons. The Morgan fingerprint density at radius 1 is 1.24 bits per heavy atom. The van der Waals surface area contributed by atoms with Crippen LogP contribution in [0.25, 0.3) is 0 Å². The molecule has 2 aliphatic rings. The van der Waals surface area contributed by atoms with Crippen molar-refractivity contribution in [2.75, 3.05) is 42.6 Å². The number of nitrogens with zero attached hydrogens (tertiary/aromatic N) is 3. The van der Waals surface area contributed by atoms with Crippen LogP contribution in [0.3, 0.4) is 0 Å². The van der Waals surface area contributed by atoms with Crippen LogP contribution in [0.15, 0.2) is 18.3 Å². The Balaban J connectivity index is 1.64. The van der Waals surface area contributed by atoms with Crippen molar-refractivity contribution in [2.45, 2.75) is 18.9 Å². The average Bonchev–Trinajstić information content (AvgIpc) is 2.56. The smallest absolute Gasteiger partial charge is 0.252 e. The zero-order valence-electron chi connectivity index (χ0n) is 12.2. The molecule has 1 aromatic heterocycles. The van der Waals surface area contributed by atoms with Gasteiger partial charge in [-0.15, -0.1) is 0 Å². The Bertz CT molecular complexity index is 496. The lowest BCUT2D eigenvalue weighted by Crippen LogP contribution is -2.48. The lowest BCUT2D eigenvalue weighted by Gasteiger charge is -2.40. The zero-order chi connectivity index (χ0) is 14.7. The van der Waals surface area contributed by atoms with E-state index in [2.05, 4.69) is 26.5 Å². The average molecular weight is 306 g/mol. The number of amides is 1. The van der Waals surface area contributed by atoms with E-state index in [1.54, 1.807) is 18.3 Å². The van der Waals surface area contributed by atoms with Crippen LogP contribution in [-0.4, -0.2) is 59.5 Å². The summed E-state index contributed by atoms with van der Waals surface area (Å²) in [5, 5.41) is 0. The van der Waals surface area contributed by atoms with Gasteiger partial charge in [-0.3, -0.25) is 9.69 Å². The maximum absolute atomic E-state index is 11.5. The molecule has 0 aliphatic carbocycles. The molecule has 2 N–H and O–H groups in total. The number of hydrogen-bond acceptors (Lipinski definition) is 5. The third kappa shape index (κ3) is 3.32. The molecule has 2 aliphatic heterocycles. The van der Waals surface area contributed by atoms with Crippen LogP contribution in [0.4, 0.5) is 5.82 Å². The Kier molecular flexibility index (Phi) is 4.65. The van der Waals surface area contributed by atoms with Gasteiger partial charge < -0.3 is 10.6 Å². The first-order valence-corrected chi connectivity index (χ1v) is 8.73. The number of nitrogens with two attached hydrogens (primary N) is 1. The minimum atomic E-state index is -0.395. The van der Waals surface area contributed by atoms with Crippen LogP contribution in [0.1, 0.15) is 23.2 Å². The van der Waals surface area contributed by atoms with Crippen LogP contribution < -0.4 is 10.6 Å². The van der Waals surface area contributed by atoms with Gasteiger partial charge >= 0.3 is 0 Å². The van der Waals surface area contributed by atoms with Crippen LogP contribution in [0.2, 0.25) is 0 Å². The summed E-state index contributed by atoms with van der Waals surface area (Å²) in [5.74, 6) is 2.87. The van der Waals surface area contributed by atoms with Crippen molar-refractivity contribution in [2.24, 2.45) is 5.73 Å². The number of rotatable bonds is 3.